The molecule has 2 atom stereocenters. The highest BCUT2D eigenvalue weighted by molar-refractivity contribution is 5.78. The summed E-state index contributed by atoms with van der Waals surface area (Å²) in [6.07, 6.45) is 1.11. The molecule has 0 bridgehead atoms. The largest absolute Gasteiger partial charge is 0.478 e. The van der Waals surface area contributed by atoms with Crippen molar-refractivity contribution in [1.82, 2.24) is 0 Å². The molecule has 2 unspecified atom stereocenters. The van der Waals surface area contributed by atoms with Gasteiger partial charge in [-0.3, -0.25) is 0 Å². The number of para-hydroxylation sites is 2. The van der Waals surface area contributed by atoms with E-state index in [0.717, 1.165) is 28.7 Å². The maximum atomic E-state index is 9.58. The van der Waals surface area contributed by atoms with E-state index < -0.39 is 18.2 Å². The molecule has 26 heavy (non-hydrogen) atoms. The topological polar surface area (TPSA) is 87.0 Å². The van der Waals surface area contributed by atoms with E-state index in [1.807, 2.05) is 48.5 Å². The van der Waals surface area contributed by atoms with Gasteiger partial charge in [0.15, 0.2) is 0 Å². The van der Waals surface area contributed by atoms with E-state index in [4.69, 9.17) is 9.84 Å². The number of hydrogen-bond acceptors (Lipinski definition) is 4. The molecule has 0 aromatic heterocycles. The van der Waals surface area contributed by atoms with Crippen LogP contribution in [0, 0.1) is 0 Å². The van der Waals surface area contributed by atoms with Gasteiger partial charge < -0.3 is 20.1 Å². The van der Waals surface area contributed by atoms with Gasteiger partial charge in [0.05, 0.1) is 12.2 Å². The molecule has 2 aromatic carbocycles. The summed E-state index contributed by atoms with van der Waals surface area (Å²) in [5.41, 5.74) is 1.94. The van der Waals surface area contributed by atoms with Gasteiger partial charge in [-0.15, -0.1) is 0 Å². The fraction of sp³-hybridized carbons (Fsp3) is 0.286. The zero-order valence-electron chi connectivity index (χ0n) is 15.1. The van der Waals surface area contributed by atoms with Gasteiger partial charge in [-0.1, -0.05) is 43.0 Å². The average molecular weight is 358 g/mol. The lowest BCUT2D eigenvalue weighted by Gasteiger charge is -2.15. The van der Waals surface area contributed by atoms with Crippen molar-refractivity contribution in [3.63, 3.8) is 0 Å². The van der Waals surface area contributed by atoms with Crippen LogP contribution in [0.4, 0.5) is 0 Å². The molecule has 2 rings (SSSR count). The first-order chi connectivity index (χ1) is 12.3. The van der Waals surface area contributed by atoms with E-state index in [2.05, 4.69) is 6.58 Å². The molecule has 0 aliphatic rings. The van der Waals surface area contributed by atoms with Crippen LogP contribution in [0.15, 0.2) is 61.2 Å². The van der Waals surface area contributed by atoms with E-state index in [9.17, 15) is 15.0 Å². The van der Waals surface area contributed by atoms with Gasteiger partial charge >= 0.3 is 5.97 Å². The predicted molar refractivity (Wildman–Crippen MR) is 102 cm³/mol. The van der Waals surface area contributed by atoms with E-state index in [0.29, 0.717) is 12.8 Å². The van der Waals surface area contributed by atoms with Crippen LogP contribution in [0.25, 0.3) is 0 Å². The molecular weight excluding hydrogens is 332 g/mol. The highest BCUT2D eigenvalue weighted by Crippen LogP contribution is 2.29. The van der Waals surface area contributed by atoms with Crippen molar-refractivity contribution < 1.29 is 24.9 Å². The third-order valence-electron chi connectivity index (χ3n) is 3.37. The lowest BCUT2D eigenvalue weighted by Crippen LogP contribution is -2.07. The van der Waals surface area contributed by atoms with Crippen LogP contribution in [-0.4, -0.2) is 33.5 Å². The molecule has 2 aromatic rings. The van der Waals surface area contributed by atoms with Crippen LogP contribution in [0.3, 0.4) is 0 Å². The molecule has 0 fully saturated rings. The summed E-state index contributed by atoms with van der Waals surface area (Å²) in [5.74, 6) is 0.512. The van der Waals surface area contributed by atoms with E-state index in [1.165, 1.54) is 0 Å². The number of aliphatic hydroxyl groups is 2. The van der Waals surface area contributed by atoms with E-state index in [1.54, 1.807) is 13.8 Å². The third kappa shape index (κ3) is 7.96. The molecule has 0 spiro atoms. The SMILES string of the molecule is C=CC(=O)O.CC(O)Cc1ccccc1Oc1ccccc1CC(C)O. The molecule has 5 nitrogen and oxygen atoms in total. The molecular formula is C21H26O5. The smallest absolute Gasteiger partial charge is 0.327 e. The first-order valence-corrected chi connectivity index (χ1v) is 8.38. The zero-order chi connectivity index (χ0) is 19.5. The molecule has 0 amide bonds. The van der Waals surface area contributed by atoms with Crippen LogP contribution < -0.4 is 4.74 Å². The highest BCUT2D eigenvalue weighted by Gasteiger charge is 2.11. The third-order valence-corrected chi connectivity index (χ3v) is 3.37. The monoisotopic (exact) mass is 358 g/mol. The maximum Gasteiger partial charge on any atom is 0.327 e. The van der Waals surface area contributed by atoms with Crippen molar-refractivity contribution in [3.05, 3.63) is 72.3 Å². The molecule has 0 aliphatic heterocycles. The summed E-state index contributed by atoms with van der Waals surface area (Å²) in [6.45, 7) is 6.48. The summed E-state index contributed by atoms with van der Waals surface area (Å²) in [7, 11) is 0. The minimum atomic E-state index is -0.981. The number of carboxylic acids is 1. The standard InChI is InChI=1S/C18H22O3.C3H4O2/c1-13(19)11-15-7-3-5-9-17(15)21-18-10-6-4-8-16(18)12-14(2)20;1-2-3(4)5/h3-10,13-14,19-20H,11-12H2,1-2H3;2H,1H2,(H,4,5). The Labute approximate surface area is 154 Å². The number of carboxylic acid groups (broad SMARTS) is 1. The summed E-state index contributed by atoms with van der Waals surface area (Å²) >= 11 is 0. The Morgan fingerprint density at radius 3 is 1.62 bits per heavy atom. The number of hydrogen-bond donors (Lipinski definition) is 3. The summed E-state index contributed by atoms with van der Waals surface area (Å²) in [5, 5.41) is 26.8. The first-order valence-electron chi connectivity index (χ1n) is 8.38. The molecule has 0 aliphatic carbocycles. The van der Waals surface area contributed by atoms with Crippen molar-refractivity contribution in [2.75, 3.05) is 0 Å². The Morgan fingerprint density at radius 2 is 1.31 bits per heavy atom. The Hall–Kier alpha value is -2.63. The lowest BCUT2D eigenvalue weighted by atomic mass is 10.1. The van der Waals surface area contributed by atoms with Crippen molar-refractivity contribution in [2.24, 2.45) is 0 Å². The first kappa shape index (κ1) is 21.4. The summed E-state index contributed by atoms with van der Waals surface area (Å²) < 4.78 is 6.02. The Bertz CT molecular complexity index is 656. The fourth-order valence-corrected chi connectivity index (χ4v) is 2.30. The normalized spacial score (nSPS) is 12.3. The minimum absolute atomic E-state index is 0.414. The molecule has 140 valence electrons. The zero-order valence-corrected chi connectivity index (χ0v) is 15.1. The molecule has 0 heterocycles. The molecule has 0 saturated carbocycles. The van der Waals surface area contributed by atoms with Gasteiger partial charge in [-0.05, 0) is 37.1 Å². The highest BCUT2D eigenvalue weighted by atomic mass is 16.5. The second-order valence-electron chi connectivity index (χ2n) is 5.97. The Kier molecular flexibility index (Phi) is 9.12. The number of benzene rings is 2. The van der Waals surface area contributed by atoms with Crippen LogP contribution in [0.2, 0.25) is 0 Å². The fourth-order valence-electron chi connectivity index (χ4n) is 2.30. The van der Waals surface area contributed by atoms with Crippen molar-refractivity contribution >= 4 is 5.97 Å². The van der Waals surface area contributed by atoms with Crippen molar-refractivity contribution in [3.8, 4) is 11.5 Å². The number of ether oxygens (including phenoxy) is 1. The van der Waals surface area contributed by atoms with Crippen LogP contribution in [-0.2, 0) is 17.6 Å². The van der Waals surface area contributed by atoms with E-state index in [-0.39, 0.29) is 0 Å². The van der Waals surface area contributed by atoms with Gasteiger partial charge in [0.2, 0.25) is 0 Å². The number of aliphatic carboxylic acids is 1. The predicted octanol–water partition coefficient (Wildman–Crippen LogP) is 3.58. The second-order valence-corrected chi connectivity index (χ2v) is 5.97. The minimum Gasteiger partial charge on any atom is -0.478 e. The number of rotatable bonds is 7. The molecule has 3 N–H and O–H groups in total. The maximum absolute atomic E-state index is 9.58. The molecule has 0 radical (unpaired) electrons. The van der Waals surface area contributed by atoms with Gasteiger partial charge in [0, 0.05) is 18.9 Å². The Balaban J connectivity index is 0.000000597. The summed E-state index contributed by atoms with van der Waals surface area (Å²) in [4.78, 5) is 9.25. The van der Waals surface area contributed by atoms with Gasteiger partial charge in [-0.2, -0.15) is 0 Å². The van der Waals surface area contributed by atoms with Crippen LogP contribution in [0.5, 0.6) is 11.5 Å². The number of carbonyl (C=O) groups is 1. The molecule has 0 saturated heterocycles. The van der Waals surface area contributed by atoms with Crippen molar-refractivity contribution in [2.45, 2.75) is 38.9 Å². The second kappa shape index (κ2) is 11.1. The van der Waals surface area contributed by atoms with Gasteiger partial charge in [0.25, 0.3) is 0 Å². The van der Waals surface area contributed by atoms with Crippen LogP contribution >= 0.6 is 0 Å². The van der Waals surface area contributed by atoms with Crippen molar-refractivity contribution in [1.29, 1.82) is 0 Å². The van der Waals surface area contributed by atoms with E-state index >= 15 is 0 Å². The molecule has 5 heteroatoms. The number of aliphatic hydroxyl groups excluding tert-OH is 2. The summed E-state index contributed by atoms with van der Waals surface area (Å²) in [6, 6.07) is 15.4. The van der Waals surface area contributed by atoms with Gasteiger partial charge in [0.1, 0.15) is 11.5 Å². The average Bonchev–Trinajstić information content (AvgIpc) is 2.58. The Morgan fingerprint density at radius 1 is 0.962 bits per heavy atom. The quantitative estimate of drug-likeness (QED) is 0.659. The van der Waals surface area contributed by atoms with Gasteiger partial charge in [-0.25, -0.2) is 4.79 Å². The lowest BCUT2D eigenvalue weighted by molar-refractivity contribution is -0.131. The van der Waals surface area contributed by atoms with Crippen LogP contribution in [0.1, 0.15) is 25.0 Å².